The molecule has 4 N–H and O–H groups in total. The number of imide groups is 1. The summed E-state index contributed by atoms with van der Waals surface area (Å²) in [5.74, 6) is -0.561. The Balaban J connectivity index is 2.76. The first-order valence-electron chi connectivity index (χ1n) is 2.52. The van der Waals surface area contributed by atoms with Gasteiger partial charge < -0.3 is 11.1 Å². The zero-order chi connectivity index (χ0) is 7.72. The molecule has 1 aliphatic heterocycles. The van der Waals surface area contributed by atoms with Crippen molar-refractivity contribution in [3.8, 4) is 0 Å². The molecular weight excluding hydrogens is 154 g/mol. The van der Waals surface area contributed by atoms with Crippen LogP contribution in [-0.2, 0) is 4.79 Å². The Kier molecular flexibility index (Phi) is 1.64. The molecule has 0 unspecified atom stereocenters. The van der Waals surface area contributed by atoms with Gasteiger partial charge in [0.05, 0.1) is 0 Å². The van der Waals surface area contributed by atoms with Gasteiger partial charge in [-0.3, -0.25) is 10.1 Å². The summed E-state index contributed by atoms with van der Waals surface area (Å²) in [5.41, 5.74) is 5.22. The normalized spacial score (nSPS) is 25.7. The Bertz CT molecular complexity index is 195. The third-order valence-electron chi connectivity index (χ3n) is 1.04. The molecule has 0 aromatic rings. The number of rotatable bonds is 0. The van der Waals surface area contributed by atoms with E-state index in [-0.39, 0.29) is 4.99 Å². The van der Waals surface area contributed by atoms with Gasteiger partial charge in [0.15, 0.2) is 0 Å². The number of hydrogen-bond acceptors (Lipinski definition) is 4. The maximum atomic E-state index is 10.6. The van der Waals surface area contributed by atoms with Gasteiger partial charge in [-0.05, 0) is 0 Å². The number of carbonyl (C=O) groups is 2. The van der Waals surface area contributed by atoms with Gasteiger partial charge in [-0.2, -0.15) is 0 Å². The predicted molar refractivity (Wildman–Crippen MR) is 37.2 cm³/mol. The van der Waals surface area contributed by atoms with Crippen molar-refractivity contribution >= 4 is 29.1 Å². The lowest BCUT2D eigenvalue weighted by atomic mass is 10.2. The van der Waals surface area contributed by atoms with Gasteiger partial charge in [0.25, 0.3) is 5.91 Å². The molecule has 5 nitrogen and oxygen atoms in total. The molecule has 0 bridgehead atoms. The van der Waals surface area contributed by atoms with E-state index in [1.807, 2.05) is 5.32 Å². The first-order valence-corrected chi connectivity index (χ1v) is 2.93. The average Bonchev–Trinajstić information content (AvgIpc) is 1.82. The second-order valence-electron chi connectivity index (χ2n) is 1.79. The summed E-state index contributed by atoms with van der Waals surface area (Å²) in [7, 11) is 0. The molecule has 0 aromatic carbocycles. The number of urea groups is 1. The van der Waals surface area contributed by atoms with Crippen molar-refractivity contribution < 1.29 is 9.59 Å². The minimum atomic E-state index is -0.896. The van der Waals surface area contributed by atoms with Gasteiger partial charge >= 0.3 is 6.03 Å². The number of carbonyl (C=O) groups excluding carboxylic acids is 2. The Morgan fingerprint density at radius 3 is 2.50 bits per heavy atom. The van der Waals surface area contributed by atoms with Crippen LogP contribution in [0.5, 0.6) is 0 Å². The Hall–Kier alpha value is -1.01. The predicted octanol–water partition coefficient (Wildman–Crippen LogP) is -1.52. The second-order valence-corrected chi connectivity index (χ2v) is 2.23. The standard InChI is InChI=1S/C4H5N3O2S/c5-1-2(8)6-4(9)7-3(1)10/h1H,5H2,(H2,6,7,8,9,10)/t1-/m1/s1. The van der Waals surface area contributed by atoms with E-state index in [1.165, 1.54) is 0 Å². The van der Waals surface area contributed by atoms with E-state index >= 15 is 0 Å². The van der Waals surface area contributed by atoms with E-state index in [0.717, 1.165) is 0 Å². The first kappa shape index (κ1) is 7.10. The largest absolute Gasteiger partial charge is 0.326 e. The molecule has 0 spiro atoms. The minimum absolute atomic E-state index is 0.0637. The second kappa shape index (κ2) is 2.31. The summed E-state index contributed by atoms with van der Waals surface area (Å²) in [6.07, 6.45) is 0. The molecule has 1 fully saturated rings. The molecule has 10 heavy (non-hydrogen) atoms. The van der Waals surface area contributed by atoms with E-state index in [4.69, 9.17) is 5.73 Å². The molecular formula is C4H5N3O2S. The maximum absolute atomic E-state index is 10.6. The van der Waals surface area contributed by atoms with Gasteiger partial charge in [-0.25, -0.2) is 4.79 Å². The summed E-state index contributed by atoms with van der Waals surface area (Å²) in [6, 6.07) is -1.51. The van der Waals surface area contributed by atoms with Crippen molar-refractivity contribution in [1.29, 1.82) is 0 Å². The molecule has 1 saturated heterocycles. The van der Waals surface area contributed by atoms with Crippen molar-refractivity contribution in [2.75, 3.05) is 0 Å². The van der Waals surface area contributed by atoms with Crippen molar-refractivity contribution in [2.45, 2.75) is 6.04 Å². The van der Waals surface area contributed by atoms with Gasteiger partial charge in [-0.1, -0.05) is 12.2 Å². The molecule has 3 amide bonds. The highest BCUT2D eigenvalue weighted by molar-refractivity contribution is 7.80. The van der Waals surface area contributed by atoms with Crippen LogP contribution in [0.2, 0.25) is 0 Å². The van der Waals surface area contributed by atoms with Crippen LogP contribution < -0.4 is 16.4 Å². The summed E-state index contributed by atoms with van der Waals surface area (Å²) in [6.45, 7) is 0. The van der Waals surface area contributed by atoms with Crippen molar-refractivity contribution in [2.24, 2.45) is 5.73 Å². The minimum Gasteiger partial charge on any atom is -0.314 e. The fraction of sp³-hybridized carbons (Fsp3) is 0.250. The van der Waals surface area contributed by atoms with Crippen LogP contribution in [0.4, 0.5) is 4.79 Å². The molecule has 1 atom stereocenters. The van der Waals surface area contributed by atoms with E-state index in [2.05, 4.69) is 17.5 Å². The molecule has 0 aromatic heterocycles. The lowest BCUT2D eigenvalue weighted by molar-refractivity contribution is -0.120. The Morgan fingerprint density at radius 1 is 1.40 bits per heavy atom. The smallest absolute Gasteiger partial charge is 0.314 e. The monoisotopic (exact) mass is 159 g/mol. The zero-order valence-corrected chi connectivity index (χ0v) is 5.70. The number of amides is 3. The van der Waals surface area contributed by atoms with Crippen LogP contribution in [0.15, 0.2) is 0 Å². The van der Waals surface area contributed by atoms with Gasteiger partial charge in [-0.15, -0.1) is 0 Å². The average molecular weight is 159 g/mol. The van der Waals surface area contributed by atoms with E-state index in [1.54, 1.807) is 0 Å². The van der Waals surface area contributed by atoms with Gasteiger partial charge in [0, 0.05) is 0 Å². The van der Waals surface area contributed by atoms with Crippen molar-refractivity contribution in [3.05, 3.63) is 0 Å². The third-order valence-corrected chi connectivity index (χ3v) is 1.39. The number of nitrogens with two attached hydrogens (primary N) is 1. The summed E-state index contributed by atoms with van der Waals surface area (Å²) in [5, 5.41) is 4.15. The molecule has 1 rings (SSSR count). The zero-order valence-electron chi connectivity index (χ0n) is 4.88. The first-order chi connectivity index (χ1) is 4.61. The summed E-state index contributed by atoms with van der Waals surface area (Å²) >= 11 is 4.56. The molecule has 0 saturated carbocycles. The van der Waals surface area contributed by atoms with Crippen LogP contribution in [0.25, 0.3) is 0 Å². The van der Waals surface area contributed by atoms with E-state index in [0.29, 0.717) is 0 Å². The highest BCUT2D eigenvalue weighted by atomic mass is 32.1. The highest BCUT2D eigenvalue weighted by Crippen LogP contribution is 1.88. The molecule has 1 aliphatic rings. The van der Waals surface area contributed by atoms with Crippen molar-refractivity contribution in [3.63, 3.8) is 0 Å². The van der Waals surface area contributed by atoms with Crippen LogP contribution in [0.3, 0.4) is 0 Å². The number of nitrogens with one attached hydrogen (secondary N) is 2. The Morgan fingerprint density at radius 2 is 2.00 bits per heavy atom. The topological polar surface area (TPSA) is 84.2 Å². The highest BCUT2D eigenvalue weighted by Gasteiger charge is 2.26. The molecule has 1 heterocycles. The molecule has 54 valence electrons. The number of hydrogen-bond donors (Lipinski definition) is 3. The molecule has 0 radical (unpaired) electrons. The van der Waals surface area contributed by atoms with E-state index in [9.17, 15) is 9.59 Å². The Labute approximate surface area is 61.9 Å². The lowest BCUT2D eigenvalue weighted by Crippen LogP contribution is -2.61. The van der Waals surface area contributed by atoms with Crippen molar-refractivity contribution in [1.82, 2.24) is 10.6 Å². The third kappa shape index (κ3) is 1.12. The van der Waals surface area contributed by atoms with Gasteiger partial charge in [0.1, 0.15) is 11.0 Å². The van der Waals surface area contributed by atoms with Gasteiger partial charge in [0.2, 0.25) is 0 Å². The van der Waals surface area contributed by atoms with Crippen LogP contribution >= 0.6 is 12.2 Å². The van der Waals surface area contributed by atoms with E-state index < -0.39 is 18.0 Å². The maximum Gasteiger partial charge on any atom is 0.326 e. The quantitative estimate of drug-likeness (QED) is 0.375. The summed E-state index contributed by atoms with van der Waals surface area (Å²) in [4.78, 5) is 21.1. The molecule has 0 aliphatic carbocycles. The van der Waals surface area contributed by atoms with Crippen LogP contribution in [0.1, 0.15) is 0 Å². The van der Waals surface area contributed by atoms with Crippen LogP contribution in [-0.4, -0.2) is 23.0 Å². The van der Waals surface area contributed by atoms with Crippen LogP contribution in [0, 0.1) is 0 Å². The number of thiocarbonyl (C=S) groups is 1. The molecule has 6 heteroatoms. The fourth-order valence-corrected chi connectivity index (χ4v) is 0.729. The summed E-state index contributed by atoms with van der Waals surface area (Å²) < 4.78 is 0. The lowest BCUT2D eigenvalue weighted by Gasteiger charge is -2.18. The fourth-order valence-electron chi connectivity index (χ4n) is 0.530. The SMILES string of the molecule is N[C@@H]1C(=O)NC(=O)NC1=S.